The lowest BCUT2D eigenvalue weighted by atomic mass is 9.33. The van der Waals surface area contributed by atoms with E-state index in [9.17, 15) is 0 Å². The Labute approximate surface area is 439 Å². The highest BCUT2D eigenvalue weighted by Gasteiger charge is 2.44. The third-order valence-corrected chi connectivity index (χ3v) is 18.4. The molecule has 6 heteroatoms. The van der Waals surface area contributed by atoms with Crippen LogP contribution < -0.4 is 26.2 Å². The van der Waals surface area contributed by atoms with E-state index in [1.165, 1.54) is 118 Å². The van der Waals surface area contributed by atoms with Crippen molar-refractivity contribution in [3.05, 3.63) is 179 Å². The van der Waals surface area contributed by atoms with E-state index in [1.54, 1.807) is 0 Å². The molecule has 3 nitrogen and oxygen atoms in total. The molecule has 0 amide bonds. The lowest BCUT2D eigenvalue weighted by molar-refractivity contribution is 0.590. The van der Waals surface area contributed by atoms with E-state index < -0.39 is 0 Å². The first-order valence-corrected chi connectivity index (χ1v) is 27.8. The van der Waals surface area contributed by atoms with E-state index in [0.717, 1.165) is 17.1 Å². The Bertz CT molecular complexity index is 4020. The molecule has 2 aliphatic heterocycles. The summed E-state index contributed by atoms with van der Waals surface area (Å²) in [7, 11) is 0. The van der Waals surface area contributed by atoms with Crippen LogP contribution in [-0.2, 0) is 21.7 Å². The number of fused-ring (bicyclic) bond motifs is 12. The van der Waals surface area contributed by atoms with Gasteiger partial charge < -0.3 is 14.4 Å². The van der Waals surface area contributed by atoms with Crippen LogP contribution in [0.15, 0.2) is 152 Å². The van der Waals surface area contributed by atoms with Crippen molar-refractivity contribution >= 4 is 131 Å². The fourth-order valence-corrected chi connectivity index (χ4v) is 14.5. The van der Waals surface area contributed by atoms with Crippen LogP contribution in [-0.4, -0.2) is 11.3 Å². The van der Waals surface area contributed by atoms with Crippen molar-refractivity contribution in [3.63, 3.8) is 0 Å². The number of hydrogen-bond acceptors (Lipinski definition) is 4. The maximum Gasteiger partial charge on any atom is 0.252 e. The van der Waals surface area contributed by atoms with Crippen molar-refractivity contribution in [2.45, 2.75) is 112 Å². The minimum absolute atomic E-state index is 0.0000123. The number of anilines is 6. The molecular formula is C67H64BN3S2. The van der Waals surface area contributed by atoms with Gasteiger partial charge in [-0.2, -0.15) is 0 Å². The highest BCUT2D eigenvalue weighted by Crippen LogP contribution is 2.51. The molecule has 0 fully saturated rings. The predicted molar refractivity (Wildman–Crippen MR) is 323 cm³/mol. The molecule has 0 N–H and O–H groups in total. The molecule has 0 bridgehead atoms. The van der Waals surface area contributed by atoms with Gasteiger partial charge in [0.25, 0.3) is 6.71 Å². The zero-order chi connectivity index (χ0) is 50.8. The van der Waals surface area contributed by atoms with Gasteiger partial charge in [0.1, 0.15) is 0 Å². The lowest BCUT2D eigenvalue weighted by Crippen LogP contribution is -2.60. The zero-order valence-electron chi connectivity index (χ0n) is 44.7. The minimum Gasteiger partial charge on any atom is -0.310 e. The van der Waals surface area contributed by atoms with Gasteiger partial charge in [0.15, 0.2) is 0 Å². The molecule has 0 aliphatic carbocycles. The Hall–Kier alpha value is -6.60. The number of aryl methyl sites for hydroxylation is 1. The zero-order valence-corrected chi connectivity index (χ0v) is 46.3. The van der Waals surface area contributed by atoms with Gasteiger partial charge in [-0.3, -0.25) is 0 Å². The number of thiophene rings is 2. The van der Waals surface area contributed by atoms with Gasteiger partial charge in [0.2, 0.25) is 0 Å². The van der Waals surface area contributed by atoms with E-state index in [1.807, 2.05) is 22.7 Å². The Morgan fingerprint density at radius 1 is 0.397 bits per heavy atom. The van der Waals surface area contributed by atoms with Gasteiger partial charge in [-0.15, -0.1) is 22.7 Å². The predicted octanol–water partition coefficient (Wildman–Crippen LogP) is 17.9. The number of hydrogen-bond donors (Lipinski definition) is 0. The first kappa shape index (κ1) is 46.2. The summed E-state index contributed by atoms with van der Waals surface area (Å²) in [6, 6.07) is 59.3. The van der Waals surface area contributed by atoms with E-state index in [-0.39, 0.29) is 28.4 Å². The maximum absolute atomic E-state index is 2.67. The third-order valence-electron chi connectivity index (χ3n) is 16.0. The summed E-state index contributed by atoms with van der Waals surface area (Å²) in [6.07, 6.45) is 0. The van der Waals surface area contributed by atoms with Crippen LogP contribution in [0.2, 0.25) is 0 Å². The van der Waals surface area contributed by atoms with Crippen molar-refractivity contribution < 1.29 is 0 Å². The topological polar surface area (TPSA) is 11.4 Å². The number of benzene rings is 8. The number of aromatic nitrogens is 1. The Morgan fingerprint density at radius 3 is 1.64 bits per heavy atom. The van der Waals surface area contributed by atoms with Crippen LogP contribution in [0.4, 0.5) is 34.1 Å². The molecule has 5 heterocycles. The molecule has 8 aromatic carbocycles. The molecule has 11 aromatic rings. The van der Waals surface area contributed by atoms with Crippen LogP contribution in [0, 0.1) is 6.92 Å². The first-order chi connectivity index (χ1) is 34.6. The highest BCUT2D eigenvalue weighted by molar-refractivity contribution is 7.27. The summed E-state index contributed by atoms with van der Waals surface area (Å²) in [5.41, 5.74) is 21.8. The number of rotatable bonds is 4. The normalized spacial score (nSPS) is 13.8. The SMILES string of the molecule is Cc1cc2c3c(c1)-n1c4c(cc(C(C)(C)C)cc4c4sc5ccccc5c41)B3c1ccc(N(c3ccc(C(C)(C)C)cc3)c3ccc(C(C)(C)C)cc3)cc1N2c1cccc2c1sc1cc(C(C)(C)C)ccc12. The molecule has 2 aliphatic rings. The molecule has 0 saturated heterocycles. The Morgan fingerprint density at radius 2 is 0.986 bits per heavy atom. The summed E-state index contributed by atoms with van der Waals surface area (Å²) in [5, 5.41) is 5.31. The molecule has 0 unspecified atom stereocenters. The molecule has 3 aromatic heterocycles. The average molecular weight is 986 g/mol. The minimum atomic E-state index is -0.0607. The average Bonchev–Trinajstić information content (AvgIpc) is 4.02. The third kappa shape index (κ3) is 7.10. The van der Waals surface area contributed by atoms with Crippen LogP contribution in [0.5, 0.6) is 0 Å². The molecule has 0 atom stereocenters. The highest BCUT2D eigenvalue weighted by atomic mass is 32.1. The van der Waals surface area contributed by atoms with Crippen molar-refractivity contribution in [2.24, 2.45) is 0 Å². The molecule has 73 heavy (non-hydrogen) atoms. The second-order valence-corrected chi connectivity index (χ2v) is 27.3. The molecule has 0 saturated carbocycles. The Balaban J connectivity index is 1.14. The van der Waals surface area contributed by atoms with Crippen LogP contribution in [0.3, 0.4) is 0 Å². The maximum atomic E-state index is 2.67. The van der Waals surface area contributed by atoms with E-state index in [4.69, 9.17) is 0 Å². The second-order valence-electron chi connectivity index (χ2n) is 25.2. The molecule has 362 valence electrons. The number of nitrogens with zero attached hydrogens (tertiary/aromatic N) is 3. The van der Waals surface area contributed by atoms with Crippen LogP contribution >= 0.6 is 22.7 Å². The Kier molecular flexibility index (Phi) is 9.95. The first-order valence-electron chi connectivity index (χ1n) is 26.2. The molecule has 0 spiro atoms. The lowest BCUT2D eigenvalue weighted by Gasteiger charge is -2.41. The summed E-state index contributed by atoms with van der Waals surface area (Å²) in [6.45, 7) is 30.2. The van der Waals surface area contributed by atoms with Crippen LogP contribution in [0.25, 0.3) is 57.1 Å². The van der Waals surface area contributed by atoms with Gasteiger partial charge in [-0.1, -0.05) is 162 Å². The van der Waals surface area contributed by atoms with Gasteiger partial charge in [-0.25, -0.2) is 0 Å². The van der Waals surface area contributed by atoms with E-state index >= 15 is 0 Å². The van der Waals surface area contributed by atoms with Gasteiger partial charge >= 0.3 is 0 Å². The summed E-state index contributed by atoms with van der Waals surface area (Å²) >= 11 is 3.89. The fraction of sp³-hybridized carbons (Fsp3) is 0.254. The van der Waals surface area contributed by atoms with Crippen molar-refractivity contribution in [1.82, 2.24) is 4.57 Å². The van der Waals surface area contributed by atoms with Crippen LogP contribution in [0.1, 0.15) is 111 Å². The summed E-state index contributed by atoms with van der Waals surface area (Å²) in [5.74, 6) is 0. The quantitative estimate of drug-likeness (QED) is 0.163. The van der Waals surface area contributed by atoms with Crippen molar-refractivity contribution in [2.75, 3.05) is 9.80 Å². The smallest absolute Gasteiger partial charge is 0.252 e. The summed E-state index contributed by atoms with van der Waals surface area (Å²) < 4.78 is 8.02. The van der Waals surface area contributed by atoms with Gasteiger partial charge in [0.05, 0.1) is 26.1 Å². The van der Waals surface area contributed by atoms with E-state index in [0.29, 0.717) is 0 Å². The monoisotopic (exact) mass is 985 g/mol. The van der Waals surface area contributed by atoms with Crippen molar-refractivity contribution in [3.8, 4) is 5.69 Å². The molecule has 13 rings (SSSR count). The van der Waals surface area contributed by atoms with Gasteiger partial charge in [-0.05, 0) is 146 Å². The molecule has 0 radical (unpaired) electrons. The molecular weight excluding hydrogens is 922 g/mol. The standard InChI is InChI=1S/C67H64BN3S2/c1-39-33-55-59-56(34-39)71-60-50(63-61(71)49-17-14-15-20-57(49)72-63)35-43(67(11,12)13)36-52(60)68(59)51-32-30-46(69(44-26-21-40(22-27-44)64(2,3)4)45-28-23-41(24-29-45)65(5,6)7)38-54(51)70(55)53-19-16-18-48-47-31-25-42(66(8,9)10)37-58(47)73-62(48)53/h14-38H,1-13H3. The van der Waals surface area contributed by atoms with Gasteiger partial charge in [0, 0.05) is 65.1 Å². The second kappa shape index (κ2) is 15.7. The largest absolute Gasteiger partial charge is 0.310 e. The van der Waals surface area contributed by atoms with Crippen molar-refractivity contribution in [1.29, 1.82) is 0 Å². The fourth-order valence-electron chi connectivity index (χ4n) is 12.0. The van der Waals surface area contributed by atoms with E-state index in [2.05, 4.69) is 256 Å². The summed E-state index contributed by atoms with van der Waals surface area (Å²) in [4.78, 5) is 5.14.